The van der Waals surface area contributed by atoms with Crippen LogP contribution in [0.2, 0.25) is 5.02 Å². The summed E-state index contributed by atoms with van der Waals surface area (Å²) in [5.74, 6) is -0.956. The Morgan fingerprint density at radius 3 is 2.85 bits per heavy atom. The second kappa shape index (κ2) is 7.84. The summed E-state index contributed by atoms with van der Waals surface area (Å²) in [6.45, 7) is 3.67. The molecule has 3 aromatic rings. The van der Waals surface area contributed by atoms with Crippen LogP contribution in [0.1, 0.15) is 12.5 Å². The average molecular weight is 392 g/mol. The summed E-state index contributed by atoms with van der Waals surface area (Å²) in [5, 5.41) is 14.4. The minimum absolute atomic E-state index is 0.0742. The Morgan fingerprint density at radius 1 is 1.31 bits per heavy atom. The van der Waals surface area contributed by atoms with Gasteiger partial charge < -0.3 is 5.32 Å². The molecular formula is C17H15ClFN5OS. The highest BCUT2D eigenvalue weighted by molar-refractivity contribution is 8.00. The van der Waals surface area contributed by atoms with Gasteiger partial charge in [-0.1, -0.05) is 35.5 Å². The van der Waals surface area contributed by atoms with E-state index in [-0.39, 0.29) is 16.6 Å². The lowest BCUT2D eigenvalue weighted by Crippen LogP contribution is -2.23. The van der Waals surface area contributed by atoms with E-state index in [4.69, 9.17) is 11.6 Å². The zero-order valence-electron chi connectivity index (χ0n) is 14.0. The van der Waals surface area contributed by atoms with Crippen LogP contribution in [0, 0.1) is 12.7 Å². The smallest absolute Gasteiger partial charge is 0.237 e. The zero-order valence-corrected chi connectivity index (χ0v) is 15.6. The predicted octanol–water partition coefficient (Wildman–Crippen LogP) is 3.88. The van der Waals surface area contributed by atoms with Crippen molar-refractivity contribution in [3.05, 3.63) is 58.9 Å². The van der Waals surface area contributed by atoms with Crippen molar-refractivity contribution in [1.29, 1.82) is 0 Å². The first-order valence-corrected chi connectivity index (χ1v) is 8.98. The van der Waals surface area contributed by atoms with E-state index in [1.54, 1.807) is 11.6 Å². The van der Waals surface area contributed by atoms with E-state index in [2.05, 4.69) is 20.8 Å². The summed E-state index contributed by atoms with van der Waals surface area (Å²) in [4.78, 5) is 12.4. The number of hydrogen-bond donors (Lipinski definition) is 1. The molecule has 134 valence electrons. The molecule has 0 saturated heterocycles. The largest absolute Gasteiger partial charge is 0.323 e. The summed E-state index contributed by atoms with van der Waals surface area (Å²) in [7, 11) is 0. The van der Waals surface area contributed by atoms with Crippen LogP contribution in [0.15, 0.2) is 47.6 Å². The molecule has 9 heteroatoms. The molecule has 1 heterocycles. The van der Waals surface area contributed by atoms with E-state index in [1.165, 1.54) is 23.9 Å². The Morgan fingerprint density at radius 2 is 2.12 bits per heavy atom. The number of benzene rings is 2. The fraction of sp³-hybridized carbons (Fsp3) is 0.176. The Hall–Kier alpha value is -2.45. The van der Waals surface area contributed by atoms with Gasteiger partial charge in [0, 0.05) is 5.02 Å². The molecular weight excluding hydrogens is 377 g/mol. The Bertz CT molecular complexity index is 948. The van der Waals surface area contributed by atoms with Crippen LogP contribution in [-0.4, -0.2) is 31.4 Å². The molecule has 0 saturated carbocycles. The van der Waals surface area contributed by atoms with E-state index in [0.29, 0.717) is 5.16 Å². The molecule has 0 aliphatic heterocycles. The predicted molar refractivity (Wildman–Crippen MR) is 99.2 cm³/mol. The lowest BCUT2D eigenvalue weighted by molar-refractivity contribution is -0.115. The molecule has 2 aromatic carbocycles. The van der Waals surface area contributed by atoms with Gasteiger partial charge in [-0.25, -0.2) is 4.39 Å². The molecule has 0 aliphatic carbocycles. The summed E-state index contributed by atoms with van der Waals surface area (Å²) < 4.78 is 15.4. The number of carbonyl (C=O) groups is 1. The zero-order chi connectivity index (χ0) is 18.7. The highest BCUT2D eigenvalue weighted by atomic mass is 35.5. The third-order valence-electron chi connectivity index (χ3n) is 3.53. The van der Waals surface area contributed by atoms with Crippen molar-refractivity contribution < 1.29 is 9.18 Å². The molecule has 1 amide bonds. The maximum absolute atomic E-state index is 13.8. The first-order valence-electron chi connectivity index (χ1n) is 7.72. The molecule has 0 fully saturated rings. The Labute approximate surface area is 158 Å². The molecule has 0 spiro atoms. The van der Waals surface area contributed by atoms with E-state index in [9.17, 15) is 9.18 Å². The van der Waals surface area contributed by atoms with Crippen molar-refractivity contribution >= 4 is 35.0 Å². The molecule has 26 heavy (non-hydrogen) atoms. The minimum Gasteiger partial charge on any atom is -0.323 e. The van der Waals surface area contributed by atoms with Gasteiger partial charge in [0.15, 0.2) is 0 Å². The quantitative estimate of drug-likeness (QED) is 0.668. The van der Waals surface area contributed by atoms with Crippen molar-refractivity contribution in [3.63, 3.8) is 0 Å². The van der Waals surface area contributed by atoms with Crippen molar-refractivity contribution in [2.45, 2.75) is 24.3 Å². The van der Waals surface area contributed by atoms with Crippen LogP contribution >= 0.6 is 23.4 Å². The number of thioether (sulfide) groups is 1. The lowest BCUT2D eigenvalue weighted by atomic mass is 10.2. The Kier molecular flexibility index (Phi) is 5.53. The minimum atomic E-state index is -0.590. The number of aryl methyl sites for hydroxylation is 1. The highest BCUT2D eigenvalue weighted by Gasteiger charge is 2.20. The standard InChI is InChI=1S/C17H15ClFN5OS/c1-10-4-3-5-13(8-10)24-17(21-22-23-24)26-11(2)16(25)20-15-7-6-12(18)9-14(15)19/h3-9,11H,1-2H3,(H,20,25). The maximum Gasteiger partial charge on any atom is 0.237 e. The van der Waals surface area contributed by atoms with Crippen LogP contribution in [0.5, 0.6) is 0 Å². The molecule has 0 bridgehead atoms. The fourth-order valence-electron chi connectivity index (χ4n) is 2.21. The summed E-state index contributed by atoms with van der Waals surface area (Å²) in [6.07, 6.45) is 0. The normalized spacial score (nSPS) is 12.0. The van der Waals surface area contributed by atoms with E-state index < -0.39 is 11.1 Å². The van der Waals surface area contributed by atoms with Crippen molar-refractivity contribution in [2.24, 2.45) is 0 Å². The van der Waals surface area contributed by atoms with Gasteiger partial charge >= 0.3 is 0 Å². The molecule has 1 unspecified atom stereocenters. The number of halogens is 2. The number of aromatic nitrogens is 4. The number of rotatable bonds is 5. The number of carbonyl (C=O) groups excluding carboxylic acids is 1. The number of nitrogens with one attached hydrogen (secondary N) is 1. The van der Waals surface area contributed by atoms with Crippen LogP contribution in [-0.2, 0) is 4.79 Å². The van der Waals surface area contributed by atoms with Crippen LogP contribution < -0.4 is 5.32 Å². The summed E-state index contributed by atoms with van der Waals surface area (Å²) in [5.41, 5.74) is 1.94. The Balaban J connectivity index is 1.73. The third-order valence-corrected chi connectivity index (χ3v) is 4.80. The number of nitrogens with zero attached hydrogens (tertiary/aromatic N) is 4. The van der Waals surface area contributed by atoms with Gasteiger partial charge in [0.2, 0.25) is 11.1 Å². The van der Waals surface area contributed by atoms with Crippen molar-refractivity contribution in [2.75, 3.05) is 5.32 Å². The molecule has 0 radical (unpaired) electrons. The van der Waals surface area contributed by atoms with Crippen molar-refractivity contribution in [3.8, 4) is 5.69 Å². The number of tetrazole rings is 1. The van der Waals surface area contributed by atoms with Crippen LogP contribution in [0.3, 0.4) is 0 Å². The molecule has 1 N–H and O–H groups in total. The van der Waals surface area contributed by atoms with Gasteiger partial charge in [0.25, 0.3) is 0 Å². The lowest BCUT2D eigenvalue weighted by Gasteiger charge is -2.12. The first kappa shape index (κ1) is 18.3. The highest BCUT2D eigenvalue weighted by Crippen LogP contribution is 2.25. The average Bonchev–Trinajstić information content (AvgIpc) is 3.05. The molecule has 0 aliphatic rings. The van der Waals surface area contributed by atoms with Gasteiger partial charge in [0.1, 0.15) is 5.82 Å². The van der Waals surface area contributed by atoms with Gasteiger partial charge in [-0.2, -0.15) is 4.68 Å². The summed E-state index contributed by atoms with van der Waals surface area (Å²) in [6, 6.07) is 11.8. The van der Waals surface area contributed by atoms with Gasteiger partial charge in [-0.3, -0.25) is 4.79 Å². The monoisotopic (exact) mass is 391 g/mol. The van der Waals surface area contributed by atoms with Crippen LogP contribution in [0.25, 0.3) is 5.69 Å². The van der Waals surface area contributed by atoms with Gasteiger partial charge in [0.05, 0.1) is 16.6 Å². The fourth-order valence-corrected chi connectivity index (χ4v) is 3.18. The third kappa shape index (κ3) is 4.20. The first-order chi connectivity index (χ1) is 12.4. The van der Waals surface area contributed by atoms with E-state index in [1.807, 2.05) is 31.2 Å². The topological polar surface area (TPSA) is 72.7 Å². The number of hydrogen-bond acceptors (Lipinski definition) is 5. The van der Waals surface area contributed by atoms with Gasteiger partial charge in [-0.05, 0) is 60.2 Å². The van der Waals surface area contributed by atoms with E-state index >= 15 is 0 Å². The second-order valence-electron chi connectivity index (χ2n) is 5.59. The molecule has 3 rings (SSSR count). The SMILES string of the molecule is Cc1cccc(-n2nnnc2SC(C)C(=O)Nc2ccc(Cl)cc2F)c1. The number of anilines is 1. The van der Waals surface area contributed by atoms with Crippen LogP contribution in [0.4, 0.5) is 10.1 Å². The molecule has 1 atom stereocenters. The van der Waals surface area contributed by atoms with Crippen molar-refractivity contribution in [1.82, 2.24) is 20.2 Å². The summed E-state index contributed by atoms with van der Waals surface area (Å²) >= 11 is 6.90. The second-order valence-corrected chi connectivity index (χ2v) is 7.33. The van der Waals surface area contributed by atoms with E-state index in [0.717, 1.165) is 17.3 Å². The maximum atomic E-state index is 13.8. The molecule has 6 nitrogen and oxygen atoms in total. The molecule has 1 aromatic heterocycles. The van der Waals surface area contributed by atoms with Gasteiger partial charge in [-0.15, -0.1) is 5.10 Å². The number of amides is 1.